The highest BCUT2D eigenvalue weighted by molar-refractivity contribution is 5.77. The van der Waals surface area contributed by atoms with Crippen LogP contribution >= 0.6 is 0 Å². The quantitative estimate of drug-likeness (QED) is 0.617. The molecule has 0 aliphatic carbocycles. The van der Waals surface area contributed by atoms with E-state index in [1.807, 2.05) is 42.5 Å². The highest BCUT2D eigenvalue weighted by atomic mass is 16.5. The van der Waals surface area contributed by atoms with E-state index in [-0.39, 0.29) is 11.9 Å². The summed E-state index contributed by atoms with van der Waals surface area (Å²) < 4.78 is 11.2. The van der Waals surface area contributed by atoms with Crippen LogP contribution in [0.1, 0.15) is 23.1 Å². The second-order valence-corrected chi connectivity index (χ2v) is 7.88. The normalized spacial score (nSPS) is 15.0. The van der Waals surface area contributed by atoms with Crippen molar-refractivity contribution < 1.29 is 14.3 Å². The molecule has 3 aromatic rings. The van der Waals surface area contributed by atoms with E-state index in [0.29, 0.717) is 19.6 Å². The first-order chi connectivity index (χ1) is 15.1. The molecule has 1 amide bonds. The van der Waals surface area contributed by atoms with Crippen LogP contribution in [0.15, 0.2) is 72.8 Å². The first-order valence-electron chi connectivity index (χ1n) is 10.6. The molecule has 0 fully saturated rings. The van der Waals surface area contributed by atoms with Gasteiger partial charge in [0.1, 0.15) is 18.1 Å². The second-order valence-electron chi connectivity index (χ2n) is 7.88. The first-order valence-corrected chi connectivity index (χ1v) is 10.6. The minimum Gasteiger partial charge on any atom is -0.497 e. The Morgan fingerprint density at radius 3 is 2.68 bits per heavy atom. The van der Waals surface area contributed by atoms with Crippen molar-refractivity contribution >= 4 is 11.6 Å². The van der Waals surface area contributed by atoms with E-state index in [1.165, 1.54) is 11.1 Å². The number of para-hydroxylation sites is 2. The van der Waals surface area contributed by atoms with Crippen molar-refractivity contribution in [2.45, 2.75) is 32.5 Å². The Morgan fingerprint density at radius 2 is 1.87 bits per heavy atom. The van der Waals surface area contributed by atoms with Gasteiger partial charge in [-0.05, 0) is 42.3 Å². The number of fused-ring (bicyclic) bond motifs is 1. The van der Waals surface area contributed by atoms with Gasteiger partial charge in [-0.25, -0.2) is 0 Å². The molecule has 5 heteroatoms. The molecule has 1 atom stereocenters. The van der Waals surface area contributed by atoms with E-state index in [2.05, 4.69) is 47.5 Å². The molecule has 0 unspecified atom stereocenters. The molecule has 1 heterocycles. The Hall–Kier alpha value is -3.47. The molecule has 4 rings (SSSR count). The summed E-state index contributed by atoms with van der Waals surface area (Å²) in [4.78, 5) is 15.1. The number of rotatable bonds is 7. The second kappa shape index (κ2) is 9.56. The van der Waals surface area contributed by atoms with Crippen LogP contribution in [0.2, 0.25) is 0 Å². The van der Waals surface area contributed by atoms with Gasteiger partial charge in [0.2, 0.25) is 5.91 Å². The number of anilines is 1. The average Bonchev–Trinajstić information content (AvgIpc) is 2.80. The number of carbonyl (C=O) groups is 1. The molecular formula is C26H28N2O3. The molecule has 0 aromatic heterocycles. The zero-order valence-electron chi connectivity index (χ0n) is 18.0. The van der Waals surface area contributed by atoms with Crippen LogP contribution in [0.5, 0.6) is 11.5 Å². The lowest BCUT2D eigenvalue weighted by Gasteiger charge is -2.38. The summed E-state index contributed by atoms with van der Waals surface area (Å²) in [7, 11) is 1.64. The number of nitrogens with one attached hydrogen (secondary N) is 1. The molecule has 0 spiro atoms. The summed E-state index contributed by atoms with van der Waals surface area (Å²) in [5.41, 5.74) is 4.48. The Bertz CT molecular complexity index is 1030. The molecule has 0 radical (unpaired) electrons. The number of aryl methyl sites for hydroxylation is 1. The summed E-state index contributed by atoms with van der Waals surface area (Å²) in [6, 6.07) is 24.3. The van der Waals surface area contributed by atoms with E-state index in [9.17, 15) is 4.79 Å². The fourth-order valence-electron chi connectivity index (χ4n) is 3.83. The van der Waals surface area contributed by atoms with Gasteiger partial charge < -0.3 is 19.7 Å². The SMILES string of the molecule is COc1cccc(CNC(=O)C[C@H]2COc3ccccc3N2Cc2ccc(C)cc2)c1. The van der Waals surface area contributed by atoms with Crippen LogP contribution in [0.3, 0.4) is 0 Å². The molecule has 1 aliphatic rings. The predicted octanol–water partition coefficient (Wildman–Crippen LogP) is 4.48. The molecule has 0 saturated carbocycles. The number of carbonyl (C=O) groups excluding carboxylic acids is 1. The van der Waals surface area contributed by atoms with Crippen LogP contribution in [0.25, 0.3) is 0 Å². The Balaban J connectivity index is 1.46. The highest BCUT2D eigenvalue weighted by Crippen LogP contribution is 2.35. The third-order valence-corrected chi connectivity index (χ3v) is 5.57. The van der Waals surface area contributed by atoms with Crippen molar-refractivity contribution in [2.75, 3.05) is 18.6 Å². The molecule has 160 valence electrons. The largest absolute Gasteiger partial charge is 0.497 e. The van der Waals surface area contributed by atoms with Crippen molar-refractivity contribution in [3.05, 3.63) is 89.5 Å². The minimum atomic E-state index is -0.0403. The number of amides is 1. The van der Waals surface area contributed by atoms with Crippen LogP contribution in [0, 0.1) is 6.92 Å². The van der Waals surface area contributed by atoms with E-state index in [0.717, 1.165) is 29.3 Å². The minimum absolute atomic E-state index is 0.00436. The summed E-state index contributed by atoms with van der Waals surface area (Å²) in [6.07, 6.45) is 0.365. The van der Waals surface area contributed by atoms with Gasteiger partial charge in [-0.2, -0.15) is 0 Å². The summed E-state index contributed by atoms with van der Waals surface area (Å²) in [5.74, 6) is 1.65. The zero-order chi connectivity index (χ0) is 21.6. The summed E-state index contributed by atoms with van der Waals surface area (Å²) >= 11 is 0. The van der Waals surface area contributed by atoms with Crippen molar-refractivity contribution in [2.24, 2.45) is 0 Å². The number of hydrogen-bond donors (Lipinski definition) is 1. The number of methoxy groups -OCH3 is 1. The molecule has 0 bridgehead atoms. The Kier molecular flexibility index (Phi) is 6.41. The van der Waals surface area contributed by atoms with E-state index >= 15 is 0 Å². The van der Waals surface area contributed by atoms with Crippen molar-refractivity contribution in [1.82, 2.24) is 5.32 Å². The van der Waals surface area contributed by atoms with Crippen molar-refractivity contribution in [3.63, 3.8) is 0 Å². The van der Waals surface area contributed by atoms with Crippen LogP contribution in [0.4, 0.5) is 5.69 Å². The fourth-order valence-corrected chi connectivity index (χ4v) is 3.83. The van der Waals surface area contributed by atoms with Gasteiger partial charge in [0.15, 0.2) is 0 Å². The van der Waals surface area contributed by atoms with E-state index in [4.69, 9.17) is 9.47 Å². The molecular weight excluding hydrogens is 388 g/mol. The van der Waals surface area contributed by atoms with E-state index < -0.39 is 0 Å². The lowest BCUT2D eigenvalue weighted by molar-refractivity contribution is -0.121. The lowest BCUT2D eigenvalue weighted by Crippen LogP contribution is -2.45. The van der Waals surface area contributed by atoms with Crippen molar-refractivity contribution in [1.29, 1.82) is 0 Å². The number of nitrogens with zero attached hydrogens (tertiary/aromatic N) is 1. The third kappa shape index (κ3) is 5.18. The van der Waals surface area contributed by atoms with Crippen LogP contribution < -0.4 is 19.7 Å². The predicted molar refractivity (Wildman–Crippen MR) is 123 cm³/mol. The standard InChI is InChI=1S/C26H28N2O3/c1-19-10-12-20(13-11-19)17-28-22(18-31-25-9-4-3-8-24(25)28)15-26(29)27-16-21-6-5-7-23(14-21)30-2/h3-14,22H,15-18H2,1-2H3,(H,27,29)/t22-/m0/s1. The fraction of sp³-hybridized carbons (Fsp3) is 0.269. The number of benzene rings is 3. The highest BCUT2D eigenvalue weighted by Gasteiger charge is 2.29. The molecule has 0 saturated heterocycles. The van der Waals surface area contributed by atoms with Gasteiger partial charge >= 0.3 is 0 Å². The molecule has 1 aliphatic heterocycles. The molecule has 5 nitrogen and oxygen atoms in total. The smallest absolute Gasteiger partial charge is 0.222 e. The topological polar surface area (TPSA) is 50.8 Å². The Morgan fingerprint density at radius 1 is 1.06 bits per heavy atom. The lowest BCUT2D eigenvalue weighted by atomic mass is 10.1. The van der Waals surface area contributed by atoms with Crippen molar-refractivity contribution in [3.8, 4) is 11.5 Å². The molecule has 1 N–H and O–H groups in total. The maximum absolute atomic E-state index is 12.8. The zero-order valence-corrected chi connectivity index (χ0v) is 18.0. The maximum Gasteiger partial charge on any atom is 0.222 e. The maximum atomic E-state index is 12.8. The van der Waals surface area contributed by atoms with Gasteiger partial charge in [-0.15, -0.1) is 0 Å². The molecule has 31 heavy (non-hydrogen) atoms. The van der Waals surface area contributed by atoms with Gasteiger partial charge in [-0.1, -0.05) is 54.1 Å². The number of hydrogen-bond acceptors (Lipinski definition) is 4. The monoisotopic (exact) mass is 416 g/mol. The first kappa shape index (κ1) is 20.8. The van der Waals surface area contributed by atoms with Gasteiger partial charge in [0, 0.05) is 13.1 Å². The molecule has 3 aromatic carbocycles. The van der Waals surface area contributed by atoms with Gasteiger partial charge in [-0.3, -0.25) is 4.79 Å². The van der Waals surface area contributed by atoms with Crippen LogP contribution in [-0.2, 0) is 17.9 Å². The Labute approximate surface area is 183 Å². The van der Waals surface area contributed by atoms with Crippen LogP contribution in [-0.4, -0.2) is 25.7 Å². The number of ether oxygens (including phenoxy) is 2. The van der Waals surface area contributed by atoms with Gasteiger partial charge in [0.25, 0.3) is 0 Å². The van der Waals surface area contributed by atoms with Gasteiger partial charge in [0.05, 0.1) is 25.3 Å². The summed E-state index contributed by atoms with van der Waals surface area (Å²) in [5, 5.41) is 3.04. The average molecular weight is 417 g/mol. The van der Waals surface area contributed by atoms with E-state index in [1.54, 1.807) is 7.11 Å². The summed E-state index contributed by atoms with van der Waals surface area (Å²) in [6.45, 7) is 3.77. The third-order valence-electron chi connectivity index (χ3n) is 5.57.